The number of benzene rings is 1. The molecule has 3 nitrogen and oxygen atoms in total. The number of hydrogen-bond donors (Lipinski definition) is 1. The minimum atomic E-state index is 0.544. The normalized spacial score (nSPS) is 9.88. The quantitative estimate of drug-likeness (QED) is 0.604. The third kappa shape index (κ3) is 3.91. The van der Waals surface area contributed by atoms with Crippen molar-refractivity contribution in [3.63, 3.8) is 0 Å². The van der Waals surface area contributed by atoms with E-state index in [1.165, 1.54) is 0 Å². The Morgan fingerprint density at radius 1 is 1.25 bits per heavy atom. The molecule has 1 N–H and O–H groups in total. The van der Waals surface area contributed by atoms with E-state index in [-0.39, 0.29) is 0 Å². The van der Waals surface area contributed by atoms with Crippen LogP contribution in [0.25, 0.3) is 0 Å². The van der Waals surface area contributed by atoms with Crippen molar-refractivity contribution in [3.8, 4) is 0 Å². The number of anilines is 2. The van der Waals surface area contributed by atoms with E-state index < -0.39 is 0 Å². The highest BCUT2D eigenvalue weighted by Gasteiger charge is 2.05. The van der Waals surface area contributed by atoms with Gasteiger partial charge in [0.25, 0.3) is 0 Å². The van der Waals surface area contributed by atoms with Crippen LogP contribution in [0.5, 0.6) is 0 Å². The second-order valence-corrected chi connectivity index (χ2v) is 3.93. The van der Waals surface area contributed by atoms with Crippen molar-refractivity contribution in [1.82, 2.24) is 0 Å². The third-order valence-electron chi connectivity index (χ3n) is 2.15. The Labute approximate surface area is 105 Å². The molecule has 0 aromatic heterocycles. The van der Waals surface area contributed by atoms with Gasteiger partial charge in [-0.3, -0.25) is 4.79 Å². The number of amides is 1. The van der Waals surface area contributed by atoms with Gasteiger partial charge in [0, 0.05) is 36.2 Å². The average Bonchev–Trinajstić information content (AvgIpc) is 2.30. The summed E-state index contributed by atoms with van der Waals surface area (Å²) in [5.41, 5.74) is 1.77. The molecule has 1 rings (SSSR count). The first-order valence-corrected chi connectivity index (χ1v) is 6.06. The number of alkyl halides is 2. The van der Waals surface area contributed by atoms with Gasteiger partial charge >= 0.3 is 0 Å². The molecule has 5 heteroatoms. The zero-order valence-corrected chi connectivity index (χ0v) is 10.3. The Bertz CT molecular complexity index is 328. The lowest BCUT2D eigenvalue weighted by Crippen LogP contribution is -2.27. The molecule has 0 heterocycles. The monoisotopic (exact) mass is 260 g/mol. The predicted octanol–water partition coefficient (Wildman–Crippen LogP) is 2.54. The number of carbonyl (C=O) groups excluding carboxylic acids is 1. The Hall–Kier alpha value is -0.930. The van der Waals surface area contributed by atoms with Crippen LogP contribution in [0.1, 0.15) is 0 Å². The topological polar surface area (TPSA) is 32.3 Å². The molecule has 0 aliphatic heterocycles. The molecule has 0 bridgehead atoms. The van der Waals surface area contributed by atoms with E-state index in [4.69, 9.17) is 23.2 Å². The lowest BCUT2D eigenvalue weighted by molar-refractivity contribution is -0.105. The lowest BCUT2D eigenvalue weighted by atomic mass is 10.2. The molecule has 0 fully saturated rings. The second-order valence-electron chi connectivity index (χ2n) is 3.18. The van der Waals surface area contributed by atoms with Crippen LogP contribution in [-0.2, 0) is 4.79 Å². The summed E-state index contributed by atoms with van der Waals surface area (Å²) in [5, 5.41) is 2.61. The lowest BCUT2D eigenvalue weighted by Gasteiger charge is -2.23. The zero-order chi connectivity index (χ0) is 11.8. The molecule has 0 saturated carbocycles. The number of rotatable bonds is 7. The number of carbonyl (C=O) groups is 1. The molecule has 0 saturated heterocycles. The molecule has 0 aliphatic rings. The number of nitrogens with one attached hydrogen (secondary N) is 1. The van der Waals surface area contributed by atoms with Gasteiger partial charge in [0.1, 0.15) is 0 Å². The molecule has 0 aliphatic carbocycles. The number of hydrogen-bond acceptors (Lipinski definition) is 2. The highest BCUT2D eigenvalue weighted by molar-refractivity contribution is 6.18. The van der Waals surface area contributed by atoms with Crippen LogP contribution in [0.2, 0.25) is 0 Å². The first kappa shape index (κ1) is 13.1. The molecule has 0 radical (unpaired) electrons. The fourth-order valence-electron chi connectivity index (χ4n) is 1.43. The van der Waals surface area contributed by atoms with Crippen molar-refractivity contribution >= 4 is 41.0 Å². The van der Waals surface area contributed by atoms with Gasteiger partial charge in [-0.25, -0.2) is 0 Å². The Morgan fingerprint density at radius 2 is 1.94 bits per heavy atom. The van der Waals surface area contributed by atoms with Crippen LogP contribution in [0.15, 0.2) is 24.3 Å². The summed E-state index contributed by atoms with van der Waals surface area (Å²) in [7, 11) is 0. The van der Waals surface area contributed by atoms with E-state index in [9.17, 15) is 4.79 Å². The minimum absolute atomic E-state index is 0.544. The molecular weight excluding hydrogens is 247 g/mol. The Balaban J connectivity index is 2.81. The predicted molar refractivity (Wildman–Crippen MR) is 69.8 cm³/mol. The highest BCUT2D eigenvalue weighted by Crippen LogP contribution is 2.19. The van der Waals surface area contributed by atoms with Gasteiger partial charge in [0.2, 0.25) is 6.41 Å². The standard InChI is InChI=1S/C11H14Cl2N2O/c12-4-6-15(7-5-13)11-3-1-2-10(8-11)14-9-16/h1-3,8-9H,4-7H2,(H,14,16). The van der Waals surface area contributed by atoms with Crippen molar-refractivity contribution in [1.29, 1.82) is 0 Å². The van der Waals surface area contributed by atoms with Gasteiger partial charge < -0.3 is 10.2 Å². The SMILES string of the molecule is O=CNc1cccc(N(CCCl)CCCl)c1. The van der Waals surface area contributed by atoms with Crippen LogP contribution < -0.4 is 10.2 Å². The average molecular weight is 261 g/mol. The van der Waals surface area contributed by atoms with Crippen LogP contribution in [0.3, 0.4) is 0 Å². The number of halogens is 2. The Kier molecular flexibility index (Phi) is 6.04. The molecule has 1 aromatic carbocycles. The largest absolute Gasteiger partial charge is 0.369 e. The fraction of sp³-hybridized carbons (Fsp3) is 0.364. The Morgan fingerprint density at radius 3 is 2.50 bits per heavy atom. The maximum Gasteiger partial charge on any atom is 0.211 e. The van der Waals surface area contributed by atoms with E-state index in [1.54, 1.807) is 0 Å². The highest BCUT2D eigenvalue weighted by atomic mass is 35.5. The summed E-state index contributed by atoms with van der Waals surface area (Å²) in [6.45, 7) is 1.47. The van der Waals surface area contributed by atoms with Crippen molar-refractivity contribution in [2.24, 2.45) is 0 Å². The van der Waals surface area contributed by atoms with Gasteiger partial charge in [0.15, 0.2) is 0 Å². The molecule has 0 atom stereocenters. The molecule has 1 amide bonds. The summed E-state index contributed by atoms with van der Waals surface area (Å²) in [6, 6.07) is 7.58. The van der Waals surface area contributed by atoms with Crippen molar-refractivity contribution in [3.05, 3.63) is 24.3 Å². The van der Waals surface area contributed by atoms with Crippen LogP contribution >= 0.6 is 23.2 Å². The zero-order valence-electron chi connectivity index (χ0n) is 8.83. The first-order valence-electron chi connectivity index (χ1n) is 4.99. The van der Waals surface area contributed by atoms with Crippen LogP contribution in [0, 0.1) is 0 Å². The van der Waals surface area contributed by atoms with Gasteiger partial charge in [-0.2, -0.15) is 0 Å². The van der Waals surface area contributed by atoms with Crippen LogP contribution in [-0.4, -0.2) is 31.3 Å². The van der Waals surface area contributed by atoms with Gasteiger partial charge in [-0.1, -0.05) is 6.07 Å². The van der Waals surface area contributed by atoms with Gasteiger partial charge in [-0.15, -0.1) is 23.2 Å². The van der Waals surface area contributed by atoms with E-state index in [0.29, 0.717) is 18.2 Å². The molecular formula is C11H14Cl2N2O. The van der Waals surface area contributed by atoms with E-state index >= 15 is 0 Å². The number of nitrogens with zero attached hydrogens (tertiary/aromatic N) is 1. The van der Waals surface area contributed by atoms with E-state index in [0.717, 1.165) is 24.5 Å². The molecule has 1 aromatic rings. The smallest absolute Gasteiger partial charge is 0.211 e. The van der Waals surface area contributed by atoms with Crippen molar-refractivity contribution < 1.29 is 4.79 Å². The van der Waals surface area contributed by atoms with Gasteiger partial charge in [-0.05, 0) is 18.2 Å². The van der Waals surface area contributed by atoms with E-state index in [2.05, 4.69) is 10.2 Å². The molecule has 0 spiro atoms. The van der Waals surface area contributed by atoms with E-state index in [1.807, 2.05) is 24.3 Å². The summed E-state index contributed by atoms with van der Waals surface area (Å²) in [4.78, 5) is 12.4. The minimum Gasteiger partial charge on any atom is -0.369 e. The summed E-state index contributed by atoms with van der Waals surface area (Å²) < 4.78 is 0. The summed E-state index contributed by atoms with van der Waals surface area (Å²) in [5.74, 6) is 1.09. The van der Waals surface area contributed by atoms with Crippen molar-refractivity contribution in [2.75, 3.05) is 35.1 Å². The first-order chi connectivity index (χ1) is 7.81. The van der Waals surface area contributed by atoms with Crippen LogP contribution in [0.4, 0.5) is 11.4 Å². The summed E-state index contributed by atoms with van der Waals surface area (Å²) in [6.07, 6.45) is 0.659. The summed E-state index contributed by atoms with van der Waals surface area (Å²) >= 11 is 11.5. The third-order valence-corrected chi connectivity index (χ3v) is 2.48. The van der Waals surface area contributed by atoms with Crippen molar-refractivity contribution in [2.45, 2.75) is 0 Å². The van der Waals surface area contributed by atoms with Gasteiger partial charge in [0.05, 0.1) is 0 Å². The molecule has 88 valence electrons. The second kappa shape index (κ2) is 7.36. The fourth-order valence-corrected chi connectivity index (χ4v) is 1.84. The maximum absolute atomic E-state index is 10.3. The maximum atomic E-state index is 10.3. The molecule has 16 heavy (non-hydrogen) atoms. The molecule has 0 unspecified atom stereocenters.